The van der Waals surface area contributed by atoms with Crippen LogP contribution < -0.4 is 10.1 Å². The van der Waals surface area contributed by atoms with E-state index in [1.165, 1.54) is 24.3 Å². The topological polar surface area (TPSA) is 93.3 Å². The number of hydrogen-bond donors (Lipinski definition) is 2. The number of aliphatic hydroxyl groups is 1. The van der Waals surface area contributed by atoms with Crippen molar-refractivity contribution in [2.45, 2.75) is 38.3 Å². The molecule has 0 bridgehead atoms. The summed E-state index contributed by atoms with van der Waals surface area (Å²) in [4.78, 5) is 11.1. The monoisotopic (exact) mass is 541 g/mol. The number of aryl methyl sites for hydroxylation is 1. The van der Waals surface area contributed by atoms with Crippen LogP contribution in [0.3, 0.4) is 0 Å². The van der Waals surface area contributed by atoms with Gasteiger partial charge in [-0.3, -0.25) is 4.68 Å². The number of aromatic nitrogens is 5. The van der Waals surface area contributed by atoms with E-state index >= 15 is 0 Å². The first-order valence-electron chi connectivity index (χ1n) is 12.6. The number of nitrogens with zero attached hydrogens (tertiary/aromatic N) is 6. The Hall–Kier alpha value is -3.90. The maximum atomic E-state index is 12.4. The number of imidazole rings is 1. The summed E-state index contributed by atoms with van der Waals surface area (Å²) < 4.78 is 44.7. The molecule has 1 aliphatic rings. The number of anilines is 1. The summed E-state index contributed by atoms with van der Waals surface area (Å²) >= 11 is 0. The second-order valence-electron chi connectivity index (χ2n) is 9.97. The Morgan fingerprint density at radius 2 is 1.79 bits per heavy atom. The first-order chi connectivity index (χ1) is 18.6. The Kier molecular flexibility index (Phi) is 7.32. The van der Waals surface area contributed by atoms with Gasteiger partial charge in [-0.15, -0.1) is 13.2 Å². The van der Waals surface area contributed by atoms with E-state index in [4.69, 9.17) is 0 Å². The average molecular weight is 542 g/mol. The molecule has 0 spiro atoms. The van der Waals surface area contributed by atoms with Crippen molar-refractivity contribution in [3.8, 4) is 22.8 Å². The molecule has 0 saturated carbocycles. The molecule has 4 heterocycles. The lowest BCUT2D eigenvalue weighted by Gasteiger charge is -2.36. The van der Waals surface area contributed by atoms with Gasteiger partial charge in [0, 0.05) is 43.4 Å². The molecule has 5 rings (SSSR count). The van der Waals surface area contributed by atoms with Crippen LogP contribution in [0.15, 0.2) is 61.2 Å². The zero-order chi connectivity index (χ0) is 27.6. The van der Waals surface area contributed by atoms with E-state index in [0.29, 0.717) is 36.0 Å². The number of alkyl halides is 3. The molecule has 12 heteroatoms. The normalized spacial score (nSPS) is 15.8. The lowest BCUT2D eigenvalue weighted by molar-refractivity contribution is -0.274. The highest BCUT2D eigenvalue weighted by Gasteiger charge is 2.31. The van der Waals surface area contributed by atoms with Crippen molar-refractivity contribution >= 4 is 5.82 Å². The number of nitrogens with one attached hydrogen (secondary N) is 1. The molecule has 2 N–H and O–H groups in total. The van der Waals surface area contributed by atoms with Gasteiger partial charge in [-0.25, -0.2) is 9.97 Å². The molecule has 0 unspecified atom stereocenters. The SMILES string of the molecule is Cc1cc(-c2cn(-c3ccc(OC(F)(F)F)cc3)cn2)nn1Cc1ccc(NCC2(O)CCN(C)CC2)nc1. The quantitative estimate of drug-likeness (QED) is 0.345. The molecule has 206 valence electrons. The minimum atomic E-state index is -4.73. The predicted molar refractivity (Wildman–Crippen MR) is 140 cm³/mol. The molecule has 1 aromatic carbocycles. The van der Waals surface area contributed by atoms with Crippen LogP contribution in [0.1, 0.15) is 24.1 Å². The van der Waals surface area contributed by atoms with E-state index in [2.05, 4.69) is 37.1 Å². The molecule has 3 aromatic heterocycles. The predicted octanol–water partition coefficient (Wildman–Crippen LogP) is 4.25. The Morgan fingerprint density at radius 1 is 1.05 bits per heavy atom. The van der Waals surface area contributed by atoms with Gasteiger partial charge in [0.15, 0.2) is 0 Å². The van der Waals surface area contributed by atoms with Gasteiger partial charge in [0.05, 0.1) is 18.5 Å². The molecule has 0 aliphatic carbocycles. The fourth-order valence-electron chi connectivity index (χ4n) is 4.47. The second-order valence-corrected chi connectivity index (χ2v) is 9.97. The Labute approximate surface area is 223 Å². The van der Waals surface area contributed by atoms with Crippen LogP contribution in [0.4, 0.5) is 19.0 Å². The zero-order valence-electron chi connectivity index (χ0n) is 21.7. The van der Waals surface area contributed by atoms with Gasteiger partial charge in [0.25, 0.3) is 0 Å². The van der Waals surface area contributed by atoms with Crippen LogP contribution in [0, 0.1) is 6.92 Å². The number of ether oxygens (including phenoxy) is 1. The molecule has 0 atom stereocenters. The lowest BCUT2D eigenvalue weighted by Crippen LogP contribution is -2.47. The molecule has 39 heavy (non-hydrogen) atoms. The first kappa shape index (κ1) is 26.7. The number of pyridine rings is 1. The van der Waals surface area contributed by atoms with Gasteiger partial charge in [-0.1, -0.05) is 6.07 Å². The van der Waals surface area contributed by atoms with E-state index < -0.39 is 12.0 Å². The highest BCUT2D eigenvalue weighted by Crippen LogP contribution is 2.25. The Morgan fingerprint density at radius 3 is 2.46 bits per heavy atom. The van der Waals surface area contributed by atoms with Crippen molar-refractivity contribution in [3.63, 3.8) is 0 Å². The summed E-state index contributed by atoms with van der Waals surface area (Å²) in [6.45, 7) is 4.70. The highest BCUT2D eigenvalue weighted by atomic mass is 19.4. The van der Waals surface area contributed by atoms with Crippen molar-refractivity contribution in [1.29, 1.82) is 0 Å². The molecule has 1 aliphatic heterocycles. The third kappa shape index (κ3) is 6.76. The van der Waals surface area contributed by atoms with Gasteiger partial charge in [-0.2, -0.15) is 5.10 Å². The number of piperidine rings is 1. The fraction of sp³-hybridized carbons (Fsp3) is 0.370. The molecule has 0 amide bonds. The van der Waals surface area contributed by atoms with Gasteiger partial charge < -0.3 is 24.6 Å². The van der Waals surface area contributed by atoms with Crippen molar-refractivity contribution in [2.75, 3.05) is 32.0 Å². The summed E-state index contributed by atoms with van der Waals surface area (Å²) in [5.74, 6) is 0.432. The standard InChI is InChI=1S/C27H30F3N7O2/c1-19-13-23(24-16-36(18-33-24)21-4-6-22(7-5-21)39-27(28,29)30)34-37(19)15-20-3-8-25(31-14-20)32-17-26(38)9-11-35(2)12-10-26/h3-8,13-14,16,18,38H,9-12,15,17H2,1-2H3,(H,31,32). The van der Waals surface area contributed by atoms with Gasteiger partial charge in [-0.05, 0) is 68.8 Å². The van der Waals surface area contributed by atoms with E-state index in [1.807, 2.05) is 29.8 Å². The minimum absolute atomic E-state index is 0.283. The molecular weight excluding hydrogens is 511 g/mol. The maximum Gasteiger partial charge on any atom is 0.573 e. The van der Waals surface area contributed by atoms with E-state index in [9.17, 15) is 18.3 Å². The van der Waals surface area contributed by atoms with Crippen molar-refractivity contribution < 1.29 is 23.0 Å². The van der Waals surface area contributed by atoms with Crippen molar-refractivity contribution in [3.05, 3.63) is 72.4 Å². The number of halogens is 3. The molecule has 4 aromatic rings. The minimum Gasteiger partial charge on any atom is -0.406 e. The van der Waals surface area contributed by atoms with Crippen LogP contribution in [0.25, 0.3) is 17.1 Å². The second kappa shape index (κ2) is 10.7. The number of hydrogen-bond acceptors (Lipinski definition) is 7. The summed E-state index contributed by atoms with van der Waals surface area (Å²) in [5.41, 5.74) is 3.16. The van der Waals surface area contributed by atoms with Gasteiger partial charge in [0.2, 0.25) is 0 Å². The van der Waals surface area contributed by atoms with E-state index in [-0.39, 0.29) is 5.75 Å². The first-order valence-corrected chi connectivity index (χ1v) is 12.6. The highest BCUT2D eigenvalue weighted by molar-refractivity contribution is 5.54. The molecule has 9 nitrogen and oxygen atoms in total. The van der Waals surface area contributed by atoms with Crippen LogP contribution >= 0.6 is 0 Å². The van der Waals surface area contributed by atoms with Crippen molar-refractivity contribution in [1.82, 2.24) is 29.2 Å². The van der Waals surface area contributed by atoms with Gasteiger partial charge in [0.1, 0.15) is 23.0 Å². The smallest absolute Gasteiger partial charge is 0.406 e. The van der Waals surface area contributed by atoms with Crippen molar-refractivity contribution in [2.24, 2.45) is 0 Å². The number of benzene rings is 1. The van der Waals surface area contributed by atoms with Crippen LogP contribution in [-0.2, 0) is 6.54 Å². The average Bonchev–Trinajstić information content (AvgIpc) is 3.53. The van der Waals surface area contributed by atoms with E-state index in [1.54, 1.807) is 23.3 Å². The zero-order valence-corrected chi connectivity index (χ0v) is 21.7. The molecule has 0 radical (unpaired) electrons. The Bertz CT molecular complexity index is 1390. The largest absolute Gasteiger partial charge is 0.573 e. The molecule has 1 saturated heterocycles. The van der Waals surface area contributed by atoms with Crippen LogP contribution in [0.5, 0.6) is 5.75 Å². The lowest BCUT2D eigenvalue weighted by atomic mass is 9.91. The summed E-state index contributed by atoms with van der Waals surface area (Å²) in [6, 6.07) is 11.4. The molecular formula is C27H30F3N7O2. The summed E-state index contributed by atoms with van der Waals surface area (Å²) in [5, 5.41) is 18.7. The molecule has 1 fully saturated rings. The Balaban J connectivity index is 1.20. The third-order valence-electron chi connectivity index (χ3n) is 6.87. The number of likely N-dealkylation sites (tertiary alicyclic amines) is 1. The van der Waals surface area contributed by atoms with Crippen LogP contribution in [0.2, 0.25) is 0 Å². The maximum absolute atomic E-state index is 12.4. The summed E-state index contributed by atoms with van der Waals surface area (Å²) in [7, 11) is 2.06. The fourth-order valence-corrected chi connectivity index (χ4v) is 4.47. The van der Waals surface area contributed by atoms with Gasteiger partial charge >= 0.3 is 6.36 Å². The number of rotatable bonds is 8. The summed E-state index contributed by atoms with van der Waals surface area (Å²) in [6.07, 6.45) is 1.88. The van der Waals surface area contributed by atoms with E-state index in [0.717, 1.165) is 37.2 Å². The van der Waals surface area contributed by atoms with Crippen LogP contribution in [-0.4, -0.2) is 73.0 Å². The third-order valence-corrected chi connectivity index (χ3v) is 6.87.